The summed E-state index contributed by atoms with van der Waals surface area (Å²) in [6, 6.07) is 7.00. The van der Waals surface area contributed by atoms with Crippen LogP contribution in [0, 0.1) is 5.92 Å². The average molecular weight is 287 g/mol. The molecule has 20 heavy (non-hydrogen) atoms. The van der Waals surface area contributed by atoms with Gasteiger partial charge in [-0.15, -0.1) is 0 Å². The zero-order valence-electron chi connectivity index (χ0n) is 11.5. The van der Waals surface area contributed by atoms with E-state index in [1.54, 1.807) is 24.3 Å². The van der Waals surface area contributed by atoms with Crippen LogP contribution in [-0.4, -0.2) is 18.8 Å². The summed E-state index contributed by atoms with van der Waals surface area (Å²) in [7, 11) is 0. The SMILES string of the molecule is CC(CC1CCC1)Nc1ccc(OCC(F)(F)F)cc1. The molecule has 1 unspecified atom stereocenters. The maximum atomic E-state index is 12.0. The maximum absolute atomic E-state index is 12.0. The van der Waals surface area contributed by atoms with E-state index in [2.05, 4.69) is 17.0 Å². The van der Waals surface area contributed by atoms with Crippen molar-refractivity contribution in [1.82, 2.24) is 0 Å². The molecule has 0 aliphatic heterocycles. The second-order valence-electron chi connectivity index (χ2n) is 5.51. The van der Waals surface area contributed by atoms with Gasteiger partial charge in [-0.25, -0.2) is 0 Å². The average Bonchev–Trinajstić information content (AvgIpc) is 2.32. The third-order valence-corrected chi connectivity index (χ3v) is 3.58. The van der Waals surface area contributed by atoms with Gasteiger partial charge in [0.2, 0.25) is 0 Å². The van der Waals surface area contributed by atoms with E-state index in [9.17, 15) is 13.2 Å². The van der Waals surface area contributed by atoms with Crippen LogP contribution in [0.5, 0.6) is 5.75 Å². The quantitative estimate of drug-likeness (QED) is 0.824. The highest BCUT2D eigenvalue weighted by atomic mass is 19.4. The number of ether oxygens (including phenoxy) is 1. The molecule has 0 aromatic heterocycles. The van der Waals surface area contributed by atoms with E-state index in [0.29, 0.717) is 6.04 Å². The molecule has 1 saturated carbocycles. The molecule has 1 aromatic carbocycles. The molecule has 0 heterocycles. The van der Waals surface area contributed by atoms with Crippen LogP contribution in [0.1, 0.15) is 32.6 Å². The molecule has 0 radical (unpaired) electrons. The van der Waals surface area contributed by atoms with Crippen molar-refractivity contribution in [2.45, 2.75) is 44.8 Å². The summed E-state index contributed by atoms with van der Waals surface area (Å²) in [5, 5.41) is 3.36. The van der Waals surface area contributed by atoms with Crippen LogP contribution >= 0.6 is 0 Å². The third-order valence-electron chi connectivity index (χ3n) is 3.58. The van der Waals surface area contributed by atoms with Gasteiger partial charge < -0.3 is 10.1 Å². The van der Waals surface area contributed by atoms with Crippen LogP contribution in [0.15, 0.2) is 24.3 Å². The van der Waals surface area contributed by atoms with Crippen LogP contribution in [0.4, 0.5) is 18.9 Å². The van der Waals surface area contributed by atoms with E-state index >= 15 is 0 Å². The highest BCUT2D eigenvalue weighted by Gasteiger charge is 2.28. The lowest BCUT2D eigenvalue weighted by atomic mass is 9.81. The van der Waals surface area contributed by atoms with Crippen molar-refractivity contribution in [3.63, 3.8) is 0 Å². The lowest BCUT2D eigenvalue weighted by Gasteiger charge is -2.28. The van der Waals surface area contributed by atoms with Crippen molar-refractivity contribution in [3.05, 3.63) is 24.3 Å². The van der Waals surface area contributed by atoms with Crippen LogP contribution < -0.4 is 10.1 Å². The number of alkyl halides is 3. The summed E-state index contributed by atoms with van der Waals surface area (Å²) in [5.41, 5.74) is 0.913. The Kier molecular flexibility index (Phi) is 4.78. The number of hydrogen-bond acceptors (Lipinski definition) is 2. The van der Waals surface area contributed by atoms with Gasteiger partial charge in [-0.05, 0) is 43.5 Å². The Bertz CT molecular complexity index is 412. The summed E-state index contributed by atoms with van der Waals surface area (Å²) >= 11 is 0. The highest BCUT2D eigenvalue weighted by molar-refractivity contribution is 5.46. The van der Waals surface area contributed by atoms with Crippen molar-refractivity contribution in [1.29, 1.82) is 0 Å². The fourth-order valence-electron chi connectivity index (χ4n) is 2.38. The largest absolute Gasteiger partial charge is 0.484 e. The maximum Gasteiger partial charge on any atom is 0.422 e. The predicted octanol–water partition coefficient (Wildman–Crippen LogP) is 4.62. The first-order valence-electron chi connectivity index (χ1n) is 6.98. The van der Waals surface area contributed by atoms with Crippen molar-refractivity contribution < 1.29 is 17.9 Å². The Balaban J connectivity index is 1.78. The van der Waals surface area contributed by atoms with E-state index < -0.39 is 12.8 Å². The van der Waals surface area contributed by atoms with Crippen LogP contribution in [0.25, 0.3) is 0 Å². The molecule has 112 valence electrons. The molecule has 1 aromatic rings. The van der Waals surface area contributed by atoms with E-state index in [0.717, 1.165) is 18.0 Å². The summed E-state index contributed by atoms with van der Waals surface area (Å²) < 4.78 is 40.7. The van der Waals surface area contributed by atoms with Gasteiger partial charge in [0, 0.05) is 11.7 Å². The number of nitrogens with one attached hydrogen (secondary N) is 1. The fourth-order valence-corrected chi connectivity index (χ4v) is 2.38. The molecule has 1 aliphatic carbocycles. The summed E-state index contributed by atoms with van der Waals surface area (Å²) in [6.45, 7) is 0.879. The summed E-state index contributed by atoms with van der Waals surface area (Å²) in [5.74, 6) is 1.06. The fraction of sp³-hybridized carbons (Fsp3) is 0.600. The first-order chi connectivity index (χ1) is 9.42. The number of hydrogen-bond donors (Lipinski definition) is 1. The summed E-state index contributed by atoms with van der Waals surface area (Å²) in [4.78, 5) is 0. The van der Waals surface area contributed by atoms with Crippen molar-refractivity contribution in [2.24, 2.45) is 5.92 Å². The molecule has 5 heteroatoms. The lowest BCUT2D eigenvalue weighted by molar-refractivity contribution is -0.153. The number of rotatable bonds is 6. The number of halogens is 3. The lowest BCUT2D eigenvalue weighted by Crippen LogP contribution is -2.23. The minimum absolute atomic E-state index is 0.236. The van der Waals surface area contributed by atoms with Crippen molar-refractivity contribution in [2.75, 3.05) is 11.9 Å². The minimum atomic E-state index is -4.30. The van der Waals surface area contributed by atoms with Crippen LogP contribution in [0.2, 0.25) is 0 Å². The van der Waals surface area contributed by atoms with Crippen LogP contribution in [-0.2, 0) is 0 Å². The predicted molar refractivity (Wildman–Crippen MR) is 73.0 cm³/mol. The second-order valence-corrected chi connectivity index (χ2v) is 5.51. The molecule has 0 bridgehead atoms. The van der Waals surface area contributed by atoms with Crippen LogP contribution in [0.3, 0.4) is 0 Å². The first-order valence-corrected chi connectivity index (χ1v) is 6.98. The van der Waals surface area contributed by atoms with E-state index in [4.69, 9.17) is 0 Å². The molecular weight excluding hydrogens is 267 g/mol. The zero-order chi connectivity index (χ0) is 14.6. The van der Waals surface area contributed by atoms with Crippen molar-refractivity contribution >= 4 is 5.69 Å². The molecule has 2 rings (SSSR count). The molecule has 1 atom stereocenters. The number of benzene rings is 1. The van der Waals surface area contributed by atoms with Gasteiger partial charge in [-0.2, -0.15) is 13.2 Å². The Hall–Kier alpha value is -1.39. The molecule has 0 amide bonds. The molecule has 2 nitrogen and oxygen atoms in total. The Morgan fingerprint density at radius 2 is 1.90 bits per heavy atom. The topological polar surface area (TPSA) is 21.3 Å². The molecule has 1 fully saturated rings. The Labute approximate surface area is 117 Å². The molecule has 0 spiro atoms. The third kappa shape index (κ3) is 4.94. The van der Waals surface area contributed by atoms with Gasteiger partial charge in [0.25, 0.3) is 0 Å². The summed E-state index contributed by atoms with van der Waals surface area (Å²) in [6.07, 6.45) is 0.815. The molecular formula is C15H20F3NO. The van der Waals surface area contributed by atoms with Gasteiger partial charge in [0.15, 0.2) is 6.61 Å². The minimum Gasteiger partial charge on any atom is -0.484 e. The molecule has 1 N–H and O–H groups in total. The van der Waals surface area contributed by atoms with E-state index in [-0.39, 0.29) is 5.75 Å². The second kappa shape index (κ2) is 6.37. The van der Waals surface area contributed by atoms with Gasteiger partial charge in [-0.3, -0.25) is 0 Å². The first kappa shape index (κ1) is 15.0. The van der Waals surface area contributed by atoms with E-state index in [1.807, 2.05) is 0 Å². The monoisotopic (exact) mass is 287 g/mol. The number of anilines is 1. The molecule has 1 aliphatic rings. The van der Waals surface area contributed by atoms with Gasteiger partial charge >= 0.3 is 6.18 Å². The van der Waals surface area contributed by atoms with E-state index in [1.165, 1.54) is 19.3 Å². The smallest absolute Gasteiger partial charge is 0.422 e. The molecule has 0 saturated heterocycles. The zero-order valence-corrected chi connectivity index (χ0v) is 11.5. The highest BCUT2D eigenvalue weighted by Crippen LogP contribution is 2.31. The van der Waals surface area contributed by atoms with Gasteiger partial charge in [0.1, 0.15) is 5.75 Å². The Morgan fingerprint density at radius 1 is 1.25 bits per heavy atom. The van der Waals surface area contributed by atoms with Gasteiger partial charge in [-0.1, -0.05) is 19.3 Å². The van der Waals surface area contributed by atoms with Crippen molar-refractivity contribution in [3.8, 4) is 5.75 Å². The van der Waals surface area contributed by atoms with Gasteiger partial charge in [0.05, 0.1) is 0 Å². The standard InChI is InChI=1S/C15H20F3NO/c1-11(9-12-3-2-4-12)19-13-5-7-14(8-6-13)20-10-15(16,17)18/h5-8,11-12,19H,2-4,9-10H2,1H3. The normalized spacial score (nSPS) is 17.4. The Morgan fingerprint density at radius 3 is 2.40 bits per heavy atom.